The Bertz CT molecular complexity index is 3930. The maximum Gasteiger partial charge on any atom is 0.203 e. The third kappa shape index (κ3) is 20.5. The van der Waals surface area contributed by atoms with Crippen LogP contribution in [-0.4, -0.2) is 45.2 Å². The Kier molecular flexibility index (Phi) is 31.3. The summed E-state index contributed by atoms with van der Waals surface area (Å²) in [5.41, 5.74) is 13.0. The summed E-state index contributed by atoms with van der Waals surface area (Å²) in [6.45, 7) is 46.6. The Labute approximate surface area is 590 Å². The number of rotatable bonds is 28. The fourth-order valence-corrected chi connectivity index (χ4v) is 12.3. The molecule has 0 saturated heterocycles. The lowest BCUT2D eigenvalue weighted by atomic mass is 10.1. The van der Waals surface area contributed by atoms with Gasteiger partial charge in [0.1, 0.15) is 47.0 Å². The van der Waals surface area contributed by atoms with E-state index in [4.69, 9.17) is 14.2 Å². The molecule has 6 heterocycles. The number of aliphatic hydroxyl groups is 1. The van der Waals surface area contributed by atoms with Crippen LogP contribution in [0.2, 0.25) is 0 Å². The molecule has 0 saturated carbocycles. The molecule has 4 aromatic carbocycles. The van der Waals surface area contributed by atoms with Gasteiger partial charge < -0.3 is 84.0 Å². The number of aryl methyl sites for hydroxylation is 7. The highest BCUT2D eigenvalue weighted by Gasteiger charge is 2.24. The van der Waals surface area contributed by atoms with Gasteiger partial charge in [-0.2, -0.15) is 9.13 Å². The Balaban J connectivity index is 0.000000249. The predicted molar refractivity (Wildman–Crippen MR) is 378 cm³/mol. The maximum absolute atomic E-state index is 9.42. The van der Waals surface area contributed by atoms with E-state index in [2.05, 4.69) is 267 Å². The Morgan fingerprint density at radius 1 is 0.355 bits per heavy atom. The second-order valence-corrected chi connectivity index (χ2v) is 28.5. The number of aromatic nitrogens is 6. The van der Waals surface area contributed by atoms with E-state index in [0.717, 1.165) is 102 Å². The van der Waals surface area contributed by atoms with Gasteiger partial charge in [0.05, 0.1) is 36.4 Å². The fraction of sp³-hybridized carbons (Fsp3) is 0.512. The monoisotopic (exact) mass is 1460 g/mol. The second kappa shape index (κ2) is 37.2. The molecule has 0 amide bonds. The number of hydrogen-bond acceptors (Lipinski definition) is 4. The molecule has 13 heteroatoms. The summed E-state index contributed by atoms with van der Waals surface area (Å²) in [4.78, 5) is 0. The molecule has 1 N–H and O–H groups in total. The fourth-order valence-electron chi connectivity index (χ4n) is 12.3. The van der Waals surface area contributed by atoms with Crippen LogP contribution >= 0.6 is 0 Å². The van der Waals surface area contributed by atoms with Gasteiger partial charge in [0.15, 0.2) is 31.7 Å². The van der Waals surface area contributed by atoms with Crippen molar-refractivity contribution in [1.82, 2.24) is 13.7 Å². The Morgan fingerprint density at radius 3 is 0.989 bits per heavy atom. The Morgan fingerprint density at radius 2 is 0.667 bits per heavy atom. The molecule has 10 nitrogen and oxygen atoms in total. The van der Waals surface area contributed by atoms with Crippen LogP contribution in [0, 0.1) is 62.2 Å². The van der Waals surface area contributed by atoms with Gasteiger partial charge in [0.2, 0.25) is 17.1 Å². The number of fused-ring (bicyclic) bond motifs is 9. The first-order valence-corrected chi connectivity index (χ1v) is 34.5. The minimum absolute atomic E-state index is 0. The minimum atomic E-state index is 0. The van der Waals surface area contributed by atoms with Crippen LogP contribution in [0.5, 0.6) is 17.2 Å². The molecule has 6 aromatic heterocycles. The summed E-state index contributed by atoms with van der Waals surface area (Å²) in [7, 11) is 0. The molecule has 0 atom stereocenters. The van der Waals surface area contributed by atoms with E-state index in [9.17, 15) is 5.11 Å². The van der Waals surface area contributed by atoms with Gasteiger partial charge in [-0.15, -0.1) is 0 Å². The van der Waals surface area contributed by atoms with Crippen LogP contribution in [0.1, 0.15) is 165 Å². The van der Waals surface area contributed by atoms with Crippen molar-refractivity contribution in [3.05, 3.63) is 144 Å². The zero-order chi connectivity index (χ0) is 64.8. The average Bonchev–Trinajstić information content (AvgIpc) is 1.62. The van der Waals surface area contributed by atoms with Crippen molar-refractivity contribution < 1.29 is 84.0 Å². The molecule has 0 fully saturated rings. The van der Waals surface area contributed by atoms with Crippen molar-refractivity contribution in [2.24, 2.45) is 41.4 Å². The van der Waals surface area contributed by atoms with Crippen molar-refractivity contribution in [3.8, 4) is 17.2 Å². The molecule has 0 aliphatic heterocycles. The quantitative estimate of drug-likeness (QED) is 0.0497. The highest BCUT2D eigenvalue weighted by Crippen LogP contribution is 2.37. The van der Waals surface area contributed by atoms with Crippen LogP contribution < -0.4 is 78.9 Å². The van der Waals surface area contributed by atoms with Gasteiger partial charge >= 0.3 is 0 Å². The van der Waals surface area contributed by atoms with Crippen LogP contribution in [0.3, 0.4) is 0 Å². The SMILES string of the molecule is Cc1c2c(cc[n+]1CCC(C)C)c1ccc(OCCC(C)C)cc1n2CCC(C)C.Cc1c2c(cc[n+]1CCO)c1ccc(OCCC(C)C)cc1n2CCC(C)C.Cc1c2c(cc[n+]1Cc1ccccc1)c1ccc(OCCC(C)C)cc1n2CCC(C)C.[Br-].[Br-].[Br-]. The van der Waals surface area contributed by atoms with Crippen LogP contribution in [0.25, 0.3) is 65.4 Å². The third-order valence-electron chi connectivity index (χ3n) is 18.0. The smallest absolute Gasteiger partial charge is 0.203 e. The lowest BCUT2D eigenvalue weighted by Crippen LogP contribution is -3.00. The minimum Gasteiger partial charge on any atom is -1.00 e. The molecule has 10 rings (SSSR count). The summed E-state index contributed by atoms with van der Waals surface area (Å²) in [6.07, 6.45) is 14.5. The van der Waals surface area contributed by atoms with Gasteiger partial charge in [0, 0.05) is 121 Å². The molecule has 0 unspecified atom stereocenters. The normalized spacial score (nSPS) is 11.6. The van der Waals surface area contributed by atoms with Crippen molar-refractivity contribution in [2.45, 2.75) is 202 Å². The molecular weight excluding hydrogens is 1350 g/mol. The summed E-state index contributed by atoms with van der Waals surface area (Å²) in [6, 6.07) is 37.3. The van der Waals surface area contributed by atoms with Gasteiger partial charge in [-0.1, -0.05) is 127 Å². The molecule has 93 heavy (non-hydrogen) atoms. The van der Waals surface area contributed by atoms with Gasteiger partial charge in [-0.3, -0.25) is 0 Å². The van der Waals surface area contributed by atoms with E-state index < -0.39 is 0 Å². The summed E-state index contributed by atoms with van der Waals surface area (Å²) in [5.74, 6) is 7.57. The summed E-state index contributed by atoms with van der Waals surface area (Å²) < 4.78 is 32.7. The maximum atomic E-state index is 9.42. The standard InChI is InChI=1S/C29H37N2O.C27H41N2O.C24H35N2O2.3BrH/c1-21(2)13-17-31-28-19-25(32-18-15-22(3)4)11-12-26(28)27-14-16-30(23(5)29(27)31)20-24-9-7-6-8-10-24;1-19(2)10-14-28-15-12-25-24-9-8-23(30-17-13-21(5)6)18-26(24)29(16-11-20(3)4)27(25)22(28)7;1-17(2)8-12-26-23-16-20(28-15-10-18(3)4)6-7-21(23)22-9-11-25(13-14-27)19(5)24(22)26;;;/h6-12,14,16,19,21-22H,13,15,17-18,20H2,1-5H3;8-9,12,15,18-21H,10-11,13-14,16-17H2,1-7H3;6-7,9,11,16-18,27H,8,10,12-15H2,1-5H3;3*1H/q3*+1;;;/p-3. The summed E-state index contributed by atoms with van der Waals surface area (Å²) >= 11 is 0. The first-order valence-electron chi connectivity index (χ1n) is 34.5. The topological polar surface area (TPSA) is 74.3 Å². The molecule has 0 aliphatic rings. The third-order valence-corrected chi connectivity index (χ3v) is 18.0. The predicted octanol–water partition coefficient (Wildman–Crippen LogP) is 9.68. The zero-order valence-electron chi connectivity index (χ0n) is 59.6. The number of hydrogen-bond donors (Lipinski definition) is 1. The van der Waals surface area contributed by atoms with Crippen molar-refractivity contribution >= 4 is 65.4 Å². The first kappa shape index (κ1) is 78.2. The van der Waals surface area contributed by atoms with Crippen LogP contribution in [0.4, 0.5) is 0 Å². The zero-order valence-corrected chi connectivity index (χ0v) is 64.4. The van der Waals surface area contributed by atoms with Crippen LogP contribution in [-0.2, 0) is 39.3 Å². The van der Waals surface area contributed by atoms with E-state index in [1.165, 1.54) is 101 Å². The lowest BCUT2D eigenvalue weighted by Gasteiger charge is -2.12. The van der Waals surface area contributed by atoms with E-state index in [1.807, 2.05) is 0 Å². The number of pyridine rings is 3. The number of benzene rings is 4. The number of aliphatic hydroxyl groups excluding tert-OH is 1. The highest BCUT2D eigenvalue weighted by molar-refractivity contribution is 6.10. The molecule has 0 bridgehead atoms. The van der Waals surface area contributed by atoms with Gasteiger partial charge in [-0.25, -0.2) is 4.57 Å². The van der Waals surface area contributed by atoms with Gasteiger partial charge in [0.25, 0.3) is 0 Å². The molecule has 0 radical (unpaired) electrons. The average molecular weight is 1460 g/mol. The van der Waals surface area contributed by atoms with Gasteiger partial charge in [-0.05, 0) is 116 Å². The number of ether oxygens (including phenoxy) is 3. The van der Waals surface area contributed by atoms with Crippen molar-refractivity contribution in [2.75, 3.05) is 26.4 Å². The second-order valence-electron chi connectivity index (χ2n) is 28.5. The largest absolute Gasteiger partial charge is 1.00 e. The highest BCUT2D eigenvalue weighted by atomic mass is 79.9. The molecular formula is C80H113Br3N6O4. The molecule has 0 spiro atoms. The van der Waals surface area contributed by atoms with E-state index in [0.29, 0.717) is 48.0 Å². The van der Waals surface area contributed by atoms with Crippen molar-refractivity contribution in [1.29, 1.82) is 0 Å². The molecule has 10 aromatic rings. The lowest BCUT2D eigenvalue weighted by molar-refractivity contribution is -0.702. The molecule has 0 aliphatic carbocycles. The first-order chi connectivity index (χ1) is 43.1. The van der Waals surface area contributed by atoms with E-state index in [-0.39, 0.29) is 57.6 Å². The number of nitrogens with zero attached hydrogens (tertiary/aromatic N) is 6. The number of halogens is 3. The van der Waals surface area contributed by atoms with E-state index >= 15 is 0 Å². The van der Waals surface area contributed by atoms with Crippen LogP contribution in [0.15, 0.2) is 122 Å². The summed E-state index contributed by atoms with van der Waals surface area (Å²) in [5, 5.41) is 17.3. The Hall–Kier alpha value is -5.47. The molecule has 508 valence electrons. The van der Waals surface area contributed by atoms with Crippen molar-refractivity contribution in [3.63, 3.8) is 0 Å². The van der Waals surface area contributed by atoms with E-state index in [1.54, 1.807) is 0 Å².